The molecular weight excluding hydrogens is 440 g/mol. The van der Waals surface area contributed by atoms with Gasteiger partial charge in [-0.25, -0.2) is 17.2 Å². The molecule has 1 amide bonds. The lowest BCUT2D eigenvalue weighted by molar-refractivity contribution is -0.123. The molecule has 0 bridgehead atoms. The van der Waals surface area contributed by atoms with Crippen LogP contribution in [0.5, 0.6) is 5.75 Å². The van der Waals surface area contributed by atoms with Crippen LogP contribution in [0, 0.1) is 17.6 Å². The number of amides is 1. The first kappa shape index (κ1) is 22.6. The summed E-state index contributed by atoms with van der Waals surface area (Å²) in [5, 5.41) is 9.63. The molecule has 3 N–H and O–H groups in total. The largest absolute Gasteiger partial charge is 0.495 e. The van der Waals surface area contributed by atoms with E-state index in [1.807, 2.05) is 0 Å². The van der Waals surface area contributed by atoms with Crippen molar-refractivity contribution in [2.75, 3.05) is 20.2 Å². The predicted octanol–water partition coefficient (Wildman–Crippen LogP) is 1.76. The molecule has 0 aromatic heterocycles. The lowest BCUT2D eigenvalue weighted by Gasteiger charge is -2.25. The maximum Gasteiger partial charge on any atom is 0.237 e. The number of rotatable bonds is 6. The van der Waals surface area contributed by atoms with Crippen LogP contribution in [0.15, 0.2) is 46.2 Å². The van der Waals surface area contributed by atoms with Crippen molar-refractivity contribution < 1.29 is 26.7 Å². The summed E-state index contributed by atoms with van der Waals surface area (Å²) in [6.07, 6.45) is 1.80. The lowest BCUT2D eigenvalue weighted by Crippen LogP contribution is -2.45. The Balaban J connectivity index is 1.42. The molecule has 32 heavy (non-hydrogen) atoms. The van der Waals surface area contributed by atoms with Gasteiger partial charge in [0.25, 0.3) is 0 Å². The summed E-state index contributed by atoms with van der Waals surface area (Å²) in [7, 11) is -2.95. The van der Waals surface area contributed by atoms with Crippen LogP contribution in [-0.2, 0) is 21.2 Å². The highest BCUT2D eigenvalue weighted by Gasteiger charge is 2.38. The minimum Gasteiger partial charge on any atom is -0.495 e. The van der Waals surface area contributed by atoms with Crippen molar-refractivity contribution in [2.24, 2.45) is 5.92 Å². The first-order valence-electron chi connectivity index (χ1n) is 10.4. The normalized spacial score (nSPS) is 22.9. The molecule has 2 aliphatic heterocycles. The number of piperidine rings is 1. The number of ether oxygens (including phenoxy) is 1. The van der Waals surface area contributed by atoms with Gasteiger partial charge in [-0.2, -0.15) is 0 Å². The lowest BCUT2D eigenvalue weighted by atomic mass is 9.94. The average Bonchev–Trinajstić information content (AvgIpc) is 3.23. The minimum atomic E-state index is -4.13. The third-order valence-corrected chi connectivity index (χ3v) is 7.87. The van der Waals surface area contributed by atoms with Crippen molar-refractivity contribution in [3.8, 4) is 5.75 Å². The molecule has 4 rings (SSSR count). The average molecular weight is 466 g/mol. The van der Waals surface area contributed by atoms with E-state index in [0.29, 0.717) is 29.7 Å². The summed E-state index contributed by atoms with van der Waals surface area (Å²) in [4.78, 5) is 12.0. The number of nitrogens with one attached hydrogen (secondary N) is 3. The monoisotopic (exact) mass is 465 g/mol. The third kappa shape index (κ3) is 4.48. The van der Waals surface area contributed by atoms with Gasteiger partial charge in [-0.05, 0) is 55.6 Å². The second kappa shape index (κ2) is 9.13. The Kier molecular flexibility index (Phi) is 6.45. The molecule has 2 aliphatic rings. The molecule has 2 heterocycles. The number of carbonyl (C=O) groups excluding carboxylic acids is 1. The van der Waals surface area contributed by atoms with Crippen LogP contribution in [0.25, 0.3) is 0 Å². The van der Waals surface area contributed by atoms with Gasteiger partial charge < -0.3 is 20.7 Å². The van der Waals surface area contributed by atoms with E-state index in [2.05, 4.69) is 16.0 Å². The van der Waals surface area contributed by atoms with Crippen molar-refractivity contribution >= 4 is 15.7 Å². The van der Waals surface area contributed by atoms with E-state index in [4.69, 9.17) is 4.74 Å². The molecule has 2 saturated heterocycles. The van der Waals surface area contributed by atoms with Crippen molar-refractivity contribution in [1.82, 2.24) is 16.0 Å². The molecule has 3 unspecified atom stereocenters. The van der Waals surface area contributed by atoms with Gasteiger partial charge in [0.05, 0.1) is 18.0 Å². The summed E-state index contributed by atoms with van der Waals surface area (Å²) in [6.45, 7) is 2.12. The Morgan fingerprint density at radius 1 is 1.19 bits per heavy atom. The van der Waals surface area contributed by atoms with Crippen LogP contribution in [0.2, 0.25) is 0 Å². The van der Waals surface area contributed by atoms with Gasteiger partial charge in [0, 0.05) is 18.7 Å². The first-order chi connectivity index (χ1) is 15.3. The predicted molar refractivity (Wildman–Crippen MR) is 113 cm³/mol. The highest BCUT2D eigenvalue weighted by Crippen LogP contribution is 2.31. The molecule has 0 spiro atoms. The number of fused-ring (bicyclic) bond motifs is 1. The van der Waals surface area contributed by atoms with E-state index >= 15 is 0 Å². The van der Waals surface area contributed by atoms with Crippen LogP contribution in [-0.4, -0.2) is 46.6 Å². The Labute approximate surface area is 185 Å². The smallest absolute Gasteiger partial charge is 0.237 e. The maximum absolute atomic E-state index is 13.7. The van der Waals surface area contributed by atoms with E-state index in [-0.39, 0.29) is 29.1 Å². The summed E-state index contributed by atoms with van der Waals surface area (Å²) in [5.74, 6) is -2.38. The molecule has 10 heteroatoms. The molecular formula is C22H25F2N3O4S. The molecule has 3 atom stereocenters. The van der Waals surface area contributed by atoms with Gasteiger partial charge in [0.15, 0.2) is 11.6 Å². The Bertz CT molecular complexity index is 1090. The first-order valence-corrected chi connectivity index (χ1v) is 11.9. The van der Waals surface area contributed by atoms with Gasteiger partial charge in [-0.3, -0.25) is 4.79 Å². The molecule has 7 nitrogen and oxygen atoms in total. The highest BCUT2D eigenvalue weighted by molar-refractivity contribution is 7.91. The molecule has 2 fully saturated rings. The number of methoxy groups -OCH3 is 1. The van der Waals surface area contributed by atoms with Crippen LogP contribution < -0.4 is 20.7 Å². The number of hydrogen-bond donors (Lipinski definition) is 3. The summed E-state index contributed by atoms with van der Waals surface area (Å²) >= 11 is 0. The Morgan fingerprint density at radius 3 is 2.59 bits per heavy atom. The molecule has 2 aromatic rings. The quantitative estimate of drug-likeness (QED) is 0.563. The molecule has 0 radical (unpaired) electrons. The summed E-state index contributed by atoms with van der Waals surface area (Å²) in [6, 6.07) is 7.33. The van der Waals surface area contributed by atoms with Gasteiger partial charge in [-0.15, -0.1) is 0 Å². The maximum atomic E-state index is 13.7. The van der Waals surface area contributed by atoms with Gasteiger partial charge in [0.2, 0.25) is 15.7 Å². The Morgan fingerprint density at radius 2 is 1.91 bits per heavy atom. The summed E-state index contributed by atoms with van der Waals surface area (Å²) < 4.78 is 57.8. The molecule has 0 aliphatic carbocycles. The Hall–Kier alpha value is -2.56. The van der Waals surface area contributed by atoms with Gasteiger partial charge >= 0.3 is 0 Å². The second-order valence-corrected chi connectivity index (χ2v) is 10.0. The van der Waals surface area contributed by atoms with E-state index in [1.165, 1.54) is 19.2 Å². The fourth-order valence-electron chi connectivity index (χ4n) is 4.31. The third-order valence-electron chi connectivity index (χ3n) is 6.07. The van der Waals surface area contributed by atoms with E-state index in [1.54, 1.807) is 12.1 Å². The van der Waals surface area contributed by atoms with Crippen LogP contribution in [0.1, 0.15) is 18.4 Å². The fraction of sp³-hybridized carbons (Fsp3) is 0.409. The van der Waals surface area contributed by atoms with Crippen molar-refractivity contribution in [3.05, 3.63) is 53.6 Å². The standard InChI is InChI=1S/C22H25F2N3O4S/c1-31-20-9-16(23)17(24)10-21(20)32(29,30)15-4-2-13(3-5-15)11-26-22(28)19-8-14-12-25-7-6-18(14)27-19/h2-5,9-10,14,18-19,25,27H,6-8,11-12H2,1H3,(H,26,28). The zero-order chi connectivity index (χ0) is 22.9. The molecule has 2 aromatic carbocycles. The number of sulfone groups is 1. The fourth-order valence-corrected chi connectivity index (χ4v) is 5.72. The van der Waals surface area contributed by atoms with Gasteiger partial charge in [0.1, 0.15) is 10.6 Å². The zero-order valence-corrected chi connectivity index (χ0v) is 18.3. The van der Waals surface area contributed by atoms with Crippen LogP contribution in [0.3, 0.4) is 0 Å². The number of benzene rings is 2. The number of carbonyl (C=O) groups is 1. The van der Waals surface area contributed by atoms with E-state index < -0.39 is 26.4 Å². The van der Waals surface area contributed by atoms with Crippen molar-refractivity contribution in [1.29, 1.82) is 0 Å². The zero-order valence-electron chi connectivity index (χ0n) is 17.5. The summed E-state index contributed by atoms with van der Waals surface area (Å²) in [5.41, 5.74) is 0.714. The SMILES string of the molecule is COc1cc(F)c(F)cc1S(=O)(=O)c1ccc(CNC(=O)C2CC3CNCCC3N2)cc1. The number of halogens is 2. The number of hydrogen-bond acceptors (Lipinski definition) is 6. The van der Waals surface area contributed by atoms with E-state index in [9.17, 15) is 22.0 Å². The van der Waals surface area contributed by atoms with Crippen LogP contribution >= 0.6 is 0 Å². The van der Waals surface area contributed by atoms with E-state index in [0.717, 1.165) is 25.9 Å². The van der Waals surface area contributed by atoms with Crippen molar-refractivity contribution in [2.45, 2.75) is 41.3 Å². The van der Waals surface area contributed by atoms with Gasteiger partial charge in [-0.1, -0.05) is 12.1 Å². The molecule has 0 saturated carbocycles. The minimum absolute atomic E-state index is 0.0809. The second-order valence-electron chi connectivity index (χ2n) is 8.10. The topological polar surface area (TPSA) is 96.5 Å². The molecule has 172 valence electrons. The highest BCUT2D eigenvalue weighted by atomic mass is 32.2. The van der Waals surface area contributed by atoms with Crippen LogP contribution in [0.4, 0.5) is 8.78 Å². The van der Waals surface area contributed by atoms with Crippen molar-refractivity contribution in [3.63, 3.8) is 0 Å².